The topological polar surface area (TPSA) is 131 Å². The predicted molar refractivity (Wildman–Crippen MR) is 114 cm³/mol. The SMILES string of the molecule is CN[C@@H]1CC[C@@H](Oc2ccc(C)c(F)c2-c2cc(Nc3cnc(C(N)=O)cn3)n[nH]2)C1. The molecule has 10 heteroatoms. The fourth-order valence-electron chi connectivity index (χ4n) is 3.67. The van der Waals surface area contributed by atoms with Gasteiger partial charge >= 0.3 is 0 Å². The molecule has 5 N–H and O–H groups in total. The van der Waals surface area contributed by atoms with Gasteiger partial charge in [0, 0.05) is 12.1 Å². The van der Waals surface area contributed by atoms with E-state index in [1.54, 1.807) is 25.1 Å². The molecule has 1 aromatic carbocycles. The maximum absolute atomic E-state index is 15.1. The lowest BCUT2D eigenvalue weighted by atomic mass is 10.1. The number of carbonyl (C=O) groups is 1. The van der Waals surface area contributed by atoms with E-state index in [2.05, 4.69) is 30.8 Å². The van der Waals surface area contributed by atoms with E-state index in [1.165, 1.54) is 12.4 Å². The first kappa shape index (κ1) is 20.7. The molecule has 0 radical (unpaired) electrons. The summed E-state index contributed by atoms with van der Waals surface area (Å²) in [7, 11) is 1.94. The van der Waals surface area contributed by atoms with Crippen molar-refractivity contribution in [2.45, 2.75) is 38.3 Å². The van der Waals surface area contributed by atoms with Crippen LogP contribution in [0.25, 0.3) is 11.3 Å². The molecule has 9 nitrogen and oxygen atoms in total. The van der Waals surface area contributed by atoms with Crippen LogP contribution in [0.4, 0.5) is 16.0 Å². The molecule has 1 aliphatic rings. The highest BCUT2D eigenvalue weighted by Crippen LogP contribution is 2.36. The Morgan fingerprint density at radius 3 is 2.77 bits per heavy atom. The lowest BCUT2D eigenvalue weighted by Crippen LogP contribution is -2.23. The normalized spacial score (nSPS) is 18.2. The summed E-state index contributed by atoms with van der Waals surface area (Å²) in [5.41, 5.74) is 6.55. The fraction of sp³-hybridized carbons (Fsp3) is 0.333. The zero-order chi connectivity index (χ0) is 22.0. The number of benzene rings is 1. The standard InChI is InChI=1S/C21H24FN7O2/c1-11-3-6-16(31-13-5-4-12(7-13)24-2)19(20(11)22)14-8-17(29-28-14)27-18-10-25-15(9-26-18)21(23)30/h3,6,8-10,12-13,24H,4-5,7H2,1-2H3,(H2,23,30)(H2,26,27,28,29)/t12-,13-/m1/s1. The molecule has 2 atom stereocenters. The molecule has 0 aliphatic heterocycles. The average molecular weight is 425 g/mol. The van der Waals surface area contributed by atoms with Crippen LogP contribution in [0.3, 0.4) is 0 Å². The summed E-state index contributed by atoms with van der Waals surface area (Å²) in [4.78, 5) is 19.1. The number of anilines is 2. The fourth-order valence-corrected chi connectivity index (χ4v) is 3.67. The van der Waals surface area contributed by atoms with Gasteiger partial charge in [-0.1, -0.05) is 6.07 Å². The number of amides is 1. The molecule has 4 rings (SSSR count). The summed E-state index contributed by atoms with van der Waals surface area (Å²) in [6.07, 6.45) is 5.48. The molecule has 1 aliphatic carbocycles. The Kier molecular flexibility index (Phi) is 5.81. The third-order valence-corrected chi connectivity index (χ3v) is 5.39. The minimum absolute atomic E-state index is 0.0258. The van der Waals surface area contributed by atoms with Gasteiger partial charge in [0.1, 0.15) is 29.2 Å². The van der Waals surface area contributed by atoms with Crippen LogP contribution in [0.5, 0.6) is 5.75 Å². The first-order chi connectivity index (χ1) is 14.9. The largest absolute Gasteiger partial charge is 0.490 e. The van der Waals surface area contributed by atoms with Crippen molar-refractivity contribution in [2.24, 2.45) is 5.73 Å². The Balaban J connectivity index is 1.57. The summed E-state index contributed by atoms with van der Waals surface area (Å²) >= 11 is 0. The number of hydrogen-bond acceptors (Lipinski definition) is 7. The molecule has 2 aromatic heterocycles. The van der Waals surface area contributed by atoms with Crippen molar-refractivity contribution in [3.05, 3.63) is 47.7 Å². The maximum Gasteiger partial charge on any atom is 0.268 e. The summed E-state index contributed by atoms with van der Waals surface area (Å²) in [6, 6.07) is 5.58. The number of nitrogens with one attached hydrogen (secondary N) is 3. The molecule has 162 valence electrons. The Morgan fingerprint density at radius 2 is 2.10 bits per heavy atom. The van der Waals surface area contributed by atoms with Gasteiger partial charge in [-0.3, -0.25) is 9.89 Å². The monoisotopic (exact) mass is 425 g/mol. The van der Waals surface area contributed by atoms with Crippen LogP contribution in [-0.2, 0) is 0 Å². The first-order valence-corrected chi connectivity index (χ1v) is 10.0. The minimum atomic E-state index is -0.660. The van der Waals surface area contributed by atoms with Crippen LogP contribution >= 0.6 is 0 Å². The number of ether oxygens (including phenoxy) is 1. The lowest BCUT2D eigenvalue weighted by molar-refractivity contribution is 0.0995. The second-order valence-electron chi connectivity index (χ2n) is 7.55. The van der Waals surface area contributed by atoms with Gasteiger partial charge in [-0.25, -0.2) is 14.4 Å². The molecule has 1 saturated carbocycles. The average Bonchev–Trinajstić information content (AvgIpc) is 3.41. The smallest absolute Gasteiger partial charge is 0.268 e. The van der Waals surface area contributed by atoms with E-state index in [-0.39, 0.29) is 17.6 Å². The van der Waals surface area contributed by atoms with Crippen LogP contribution in [0.2, 0.25) is 0 Å². The lowest BCUT2D eigenvalue weighted by Gasteiger charge is -2.18. The summed E-state index contributed by atoms with van der Waals surface area (Å²) < 4.78 is 21.3. The predicted octanol–water partition coefficient (Wildman–Crippen LogP) is 2.68. The molecule has 2 heterocycles. The first-order valence-electron chi connectivity index (χ1n) is 10.0. The Morgan fingerprint density at radius 1 is 1.26 bits per heavy atom. The van der Waals surface area contributed by atoms with E-state index in [9.17, 15) is 4.79 Å². The molecule has 0 spiro atoms. The second-order valence-corrected chi connectivity index (χ2v) is 7.55. The van der Waals surface area contributed by atoms with E-state index in [1.807, 2.05) is 7.05 Å². The van der Waals surface area contributed by atoms with E-state index in [0.717, 1.165) is 19.3 Å². The number of aromatic nitrogens is 4. The molecule has 3 aromatic rings. The molecule has 0 bridgehead atoms. The number of primary amides is 1. The highest BCUT2D eigenvalue weighted by molar-refractivity contribution is 5.90. The van der Waals surface area contributed by atoms with Gasteiger partial charge in [0.05, 0.1) is 23.7 Å². The van der Waals surface area contributed by atoms with Crippen molar-refractivity contribution >= 4 is 17.5 Å². The Labute approximate surface area is 178 Å². The van der Waals surface area contributed by atoms with Gasteiger partial charge in [0.2, 0.25) is 0 Å². The highest BCUT2D eigenvalue weighted by atomic mass is 19.1. The number of H-pyrrole nitrogens is 1. The summed E-state index contributed by atoms with van der Waals surface area (Å²) in [5, 5.41) is 13.3. The molecular weight excluding hydrogens is 401 g/mol. The highest BCUT2D eigenvalue weighted by Gasteiger charge is 2.27. The van der Waals surface area contributed by atoms with Crippen molar-refractivity contribution in [3.63, 3.8) is 0 Å². The van der Waals surface area contributed by atoms with E-state index < -0.39 is 5.91 Å². The number of nitrogens with zero attached hydrogens (tertiary/aromatic N) is 3. The zero-order valence-electron chi connectivity index (χ0n) is 17.3. The molecule has 0 unspecified atom stereocenters. The Bertz CT molecular complexity index is 1080. The van der Waals surface area contributed by atoms with Crippen molar-refractivity contribution in [1.29, 1.82) is 0 Å². The van der Waals surface area contributed by atoms with Gasteiger partial charge in [-0.05, 0) is 44.9 Å². The van der Waals surface area contributed by atoms with Gasteiger partial charge in [0.15, 0.2) is 5.82 Å². The van der Waals surface area contributed by atoms with Gasteiger partial charge in [-0.15, -0.1) is 0 Å². The van der Waals surface area contributed by atoms with Gasteiger partial charge in [0.25, 0.3) is 5.91 Å². The number of rotatable bonds is 7. The number of hydrogen-bond donors (Lipinski definition) is 4. The van der Waals surface area contributed by atoms with Crippen LogP contribution in [0.1, 0.15) is 35.3 Å². The number of aromatic amines is 1. The molecule has 1 amide bonds. The summed E-state index contributed by atoms with van der Waals surface area (Å²) in [6.45, 7) is 1.71. The Hall–Kier alpha value is -3.53. The third kappa shape index (κ3) is 4.48. The van der Waals surface area contributed by atoms with Crippen molar-refractivity contribution < 1.29 is 13.9 Å². The number of halogens is 1. The van der Waals surface area contributed by atoms with Gasteiger partial charge in [-0.2, -0.15) is 5.10 Å². The van der Waals surface area contributed by atoms with E-state index in [0.29, 0.717) is 40.2 Å². The van der Waals surface area contributed by atoms with Crippen LogP contribution in [0, 0.1) is 12.7 Å². The second kappa shape index (κ2) is 8.68. The van der Waals surface area contributed by atoms with E-state index >= 15 is 4.39 Å². The number of carbonyl (C=O) groups excluding carboxylic acids is 1. The molecule has 31 heavy (non-hydrogen) atoms. The zero-order valence-corrected chi connectivity index (χ0v) is 17.3. The number of nitrogens with two attached hydrogens (primary N) is 1. The quantitative estimate of drug-likeness (QED) is 0.458. The minimum Gasteiger partial charge on any atom is -0.490 e. The van der Waals surface area contributed by atoms with Gasteiger partial charge < -0.3 is 21.1 Å². The van der Waals surface area contributed by atoms with E-state index in [4.69, 9.17) is 10.5 Å². The van der Waals surface area contributed by atoms with Crippen LogP contribution < -0.4 is 21.1 Å². The van der Waals surface area contributed by atoms with Crippen molar-refractivity contribution in [3.8, 4) is 17.0 Å². The van der Waals surface area contributed by atoms with Crippen LogP contribution in [0.15, 0.2) is 30.6 Å². The summed E-state index contributed by atoms with van der Waals surface area (Å²) in [5.74, 6) is 0.242. The molecule has 1 fully saturated rings. The maximum atomic E-state index is 15.1. The van der Waals surface area contributed by atoms with Crippen LogP contribution in [-0.4, -0.2) is 45.3 Å². The molecule has 0 saturated heterocycles. The number of aryl methyl sites for hydroxylation is 1. The third-order valence-electron chi connectivity index (χ3n) is 5.39. The van der Waals surface area contributed by atoms with Crippen molar-refractivity contribution in [2.75, 3.05) is 12.4 Å². The molecular formula is C21H24FN7O2. The van der Waals surface area contributed by atoms with Crippen molar-refractivity contribution in [1.82, 2.24) is 25.5 Å².